The molecule has 0 amide bonds. The van der Waals surface area contributed by atoms with Gasteiger partial charge in [0.2, 0.25) is 0 Å². The second-order valence-corrected chi connectivity index (χ2v) is 16.9. The predicted molar refractivity (Wildman–Crippen MR) is 280 cm³/mol. The molecule has 2 nitrogen and oxygen atoms in total. The number of anilines is 3. The van der Waals surface area contributed by atoms with Crippen LogP contribution in [0.3, 0.4) is 0 Å². The third-order valence-electron chi connectivity index (χ3n) is 12.9. The van der Waals surface area contributed by atoms with Gasteiger partial charge in [0.05, 0.1) is 11.0 Å². The van der Waals surface area contributed by atoms with Crippen molar-refractivity contribution in [3.8, 4) is 61.3 Å². The molecule has 0 aliphatic rings. The summed E-state index contributed by atoms with van der Waals surface area (Å²) in [4.78, 5) is 2.43. The van der Waals surface area contributed by atoms with Gasteiger partial charge in [0.25, 0.3) is 0 Å². The molecule has 1 heterocycles. The first kappa shape index (κ1) is 38.9. The standard InChI is InChI=1S/C64H44N2/c1-5-19-45(20-6-1)51-41-52(46-21-7-2-8-22-46)44-56(43-51)65(54-38-35-49(36-39-54)58-31-16-15-30-57(58)47-23-9-3-10-24-47)55-29-17-26-50(42-55)60-33-18-34-61-64(60)63-59-32-14-13-25-48(59)37-40-62(63)66(61)53-27-11-4-12-28-53/h1-44H. The number of hydrogen-bond donors (Lipinski definition) is 0. The van der Waals surface area contributed by atoms with Gasteiger partial charge in [-0.3, -0.25) is 0 Å². The summed E-state index contributed by atoms with van der Waals surface area (Å²) in [6, 6.07) is 96.9. The molecule has 2 heteroatoms. The minimum absolute atomic E-state index is 1.07. The highest BCUT2D eigenvalue weighted by atomic mass is 15.1. The first-order chi connectivity index (χ1) is 32.7. The molecule has 0 saturated heterocycles. The topological polar surface area (TPSA) is 8.17 Å². The van der Waals surface area contributed by atoms with Crippen molar-refractivity contribution >= 4 is 49.6 Å². The number of nitrogens with zero attached hydrogens (tertiary/aromatic N) is 2. The third kappa shape index (κ3) is 7.02. The van der Waals surface area contributed by atoms with Gasteiger partial charge in [0.1, 0.15) is 0 Å². The summed E-state index contributed by atoms with van der Waals surface area (Å²) in [7, 11) is 0. The van der Waals surface area contributed by atoms with Gasteiger partial charge in [-0.05, 0) is 133 Å². The lowest BCUT2D eigenvalue weighted by molar-refractivity contribution is 1.18. The summed E-state index contributed by atoms with van der Waals surface area (Å²) in [6.45, 7) is 0. The highest BCUT2D eigenvalue weighted by Crippen LogP contribution is 2.45. The summed E-state index contributed by atoms with van der Waals surface area (Å²) in [5, 5.41) is 4.99. The van der Waals surface area contributed by atoms with E-state index in [1.165, 1.54) is 71.5 Å². The third-order valence-corrected chi connectivity index (χ3v) is 12.9. The molecule has 0 N–H and O–H groups in total. The van der Waals surface area contributed by atoms with Crippen molar-refractivity contribution in [3.63, 3.8) is 0 Å². The van der Waals surface area contributed by atoms with Crippen molar-refractivity contribution in [2.24, 2.45) is 0 Å². The largest absolute Gasteiger partial charge is 0.310 e. The van der Waals surface area contributed by atoms with Crippen LogP contribution in [-0.2, 0) is 0 Å². The monoisotopic (exact) mass is 840 g/mol. The minimum atomic E-state index is 1.07. The van der Waals surface area contributed by atoms with Crippen LogP contribution in [0.1, 0.15) is 0 Å². The summed E-state index contributed by atoms with van der Waals surface area (Å²) in [6.07, 6.45) is 0. The van der Waals surface area contributed by atoms with Crippen LogP contribution in [-0.4, -0.2) is 4.57 Å². The number of benzene rings is 11. The second-order valence-electron chi connectivity index (χ2n) is 16.9. The van der Waals surface area contributed by atoms with Crippen molar-refractivity contribution < 1.29 is 0 Å². The van der Waals surface area contributed by atoms with Crippen LogP contribution in [0.5, 0.6) is 0 Å². The molecule has 0 radical (unpaired) electrons. The Kier molecular flexibility index (Phi) is 9.89. The lowest BCUT2D eigenvalue weighted by Crippen LogP contribution is -2.10. The molecule has 310 valence electrons. The van der Waals surface area contributed by atoms with Crippen molar-refractivity contribution in [1.29, 1.82) is 0 Å². The van der Waals surface area contributed by atoms with Crippen molar-refractivity contribution in [3.05, 3.63) is 267 Å². The lowest BCUT2D eigenvalue weighted by atomic mass is 9.94. The van der Waals surface area contributed by atoms with E-state index < -0.39 is 0 Å². The summed E-state index contributed by atoms with van der Waals surface area (Å²) in [5.74, 6) is 0. The normalized spacial score (nSPS) is 11.3. The zero-order chi connectivity index (χ0) is 43.8. The Bertz CT molecular complexity index is 3610. The van der Waals surface area contributed by atoms with Gasteiger partial charge in [-0.1, -0.05) is 200 Å². The van der Waals surface area contributed by atoms with E-state index >= 15 is 0 Å². The predicted octanol–water partition coefficient (Wildman–Crippen LogP) is 17.7. The molecule has 11 aromatic carbocycles. The van der Waals surface area contributed by atoms with E-state index in [9.17, 15) is 0 Å². The lowest BCUT2D eigenvalue weighted by Gasteiger charge is -2.28. The molecule has 12 aromatic rings. The zero-order valence-corrected chi connectivity index (χ0v) is 36.3. The van der Waals surface area contributed by atoms with Gasteiger partial charge in [-0.2, -0.15) is 0 Å². The second kappa shape index (κ2) is 16.8. The molecular weight excluding hydrogens is 797 g/mol. The van der Waals surface area contributed by atoms with Gasteiger partial charge < -0.3 is 9.47 Å². The van der Waals surface area contributed by atoms with Gasteiger partial charge in [0.15, 0.2) is 0 Å². The molecule has 1 aromatic heterocycles. The number of hydrogen-bond acceptors (Lipinski definition) is 1. The molecule has 0 saturated carbocycles. The Labute approximate surface area is 385 Å². The van der Waals surface area contributed by atoms with Crippen molar-refractivity contribution in [2.75, 3.05) is 4.90 Å². The van der Waals surface area contributed by atoms with E-state index in [1.807, 2.05) is 0 Å². The van der Waals surface area contributed by atoms with Crippen LogP contribution in [0.2, 0.25) is 0 Å². The van der Waals surface area contributed by atoms with Crippen LogP contribution in [0.15, 0.2) is 267 Å². The van der Waals surface area contributed by atoms with Crippen molar-refractivity contribution in [2.45, 2.75) is 0 Å². The number of para-hydroxylation sites is 1. The SMILES string of the molecule is c1ccc(-c2cc(-c3ccccc3)cc(N(c3ccc(-c4ccccc4-c4ccccc4)cc3)c3cccc(-c4cccc5c4c4c6ccccc6ccc4n5-c4ccccc4)c3)c2)cc1. The van der Waals surface area contributed by atoms with Crippen molar-refractivity contribution in [1.82, 2.24) is 4.57 Å². The van der Waals surface area contributed by atoms with Crippen LogP contribution < -0.4 is 4.90 Å². The molecule has 12 rings (SSSR count). The van der Waals surface area contributed by atoms with Gasteiger partial charge in [-0.25, -0.2) is 0 Å². The highest BCUT2D eigenvalue weighted by Gasteiger charge is 2.21. The fraction of sp³-hybridized carbons (Fsp3) is 0. The fourth-order valence-corrected chi connectivity index (χ4v) is 9.91. The first-order valence-corrected chi connectivity index (χ1v) is 22.7. The molecule has 66 heavy (non-hydrogen) atoms. The van der Waals surface area contributed by atoms with Crippen LogP contribution in [0, 0.1) is 0 Å². The van der Waals surface area contributed by atoms with E-state index in [-0.39, 0.29) is 0 Å². The Morgan fingerprint density at radius 1 is 0.258 bits per heavy atom. The minimum Gasteiger partial charge on any atom is -0.310 e. The molecular formula is C64H44N2. The molecule has 0 aliphatic heterocycles. The average molecular weight is 841 g/mol. The maximum Gasteiger partial charge on any atom is 0.0547 e. The summed E-state index contributed by atoms with van der Waals surface area (Å²) < 4.78 is 2.43. The smallest absolute Gasteiger partial charge is 0.0547 e. The maximum atomic E-state index is 2.43. The van der Waals surface area contributed by atoms with E-state index in [4.69, 9.17) is 0 Å². The summed E-state index contributed by atoms with van der Waals surface area (Å²) >= 11 is 0. The van der Waals surface area contributed by atoms with E-state index in [0.29, 0.717) is 0 Å². The first-order valence-electron chi connectivity index (χ1n) is 22.7. The molecule has 0 atom stereocenters. The molecule has 0 spiro atoms. The van der Waals surface area contributed by atoms with Crippen LogP contribution in [0.25, 0.3) is 93.9 Å². The van der Waals surface area contributed by atoms with E-state index in [0.717, 1.165) is 39.4 Å². The fourth-order valence-electron chi connectivity index (χ4n) is 9.91. The number of rotatable bonds is 9. The van der Waals surface area contributed by atoms with Gasteiger partial charge in [0, 0.05) is 33.5 Å². The average Bonchev–Trinajstić information content (AvgIpc) is 3.75. The number of aromatic nitrogens is 1. The van der Waals surface area contributed by atoms with Crippen LogP contribution >= 0.6 is 0 Å². The Morgan fingerprint density at radius 2 is 0.758 bits per heavy atom. The summed E-state index contributed by atoms with van der Waals surface area (Å²) in [5.41, 5.74) is 18.6. The maximum absolute atomic E-state index is 2.43. The zero-order valence-electron chi connectivity index (χ0n) is 36.3. The van der Waals surface area contributed by atoms with Gasteiger partial charge in [-0.15, -0.1) is 0 Å². The number of fused-ring (bicyclic) bond motifs is 5. The van der Waals surface area contributed by atoms with E-state index in [1.54, 1.807) is 0 Å². The quantitative estimate of drug-likeness (QED) is 0.141. The van der Waals surface area contributed by atoms with Gasteiger partial charge >= 0.3 is 0 Å². The Balaban J connectivity index is 1.08. The molecule has 0 bridgehead atoms. The molecule has 0 unspecified atom stereocenters. The van der Waals surface area contributed by atoms with E-state index in [2.05, 4.69) is 276 Å². The highest BCUT2D eigenvalue weighted by molar-refractivity contribution is 6.25. The molecule has 0 aliphatic carbocycles. The van der Waals surface area contributed by atoms with Crippen LogP contribution in [0.4, 0.5) is 17.1 Å². The molecule has 0 fully saturated rings. The Hall–Kier alpha value is -8.72. The Morgan fingerprint density at radius 3 is 1.42 bits per heavy atom.